The molecular weight excluding hydrogens is 433 g/mol. The number of aromatic nitrogens is 4. The lowest BCUT2D eigenvalue weighted by Gasteiger charge is -2.32. The lowest BCUT2D eigenvalue weighted by atomic mass is 9.91. The maximum atomic E-state index is 14.4. The van der Waals surface area contributed by atoms with Crippen LogP contribution in [0.3, 0.4) is 0 Å². The van der Waals surface area contributed by atoms with Crippen LogP contribution in [0.1, 0.15) is 31.6 Å². The van der Waals surface area contributed by atoms with Crippen LogP contribution in [-0.4, -0.2) is 39.9 Å². The summed E-state index contributed by atoms with van der Waals surface area (Å²) in [6.07, 6.45) is 8.01. The molecular formula is C23H25ClFN5O2. The molecule has 0 bridgehead atoms. The third-order valence-electron chi connectivity index (χ3n) is 6.37. The van der Waals surface area contributed by atoms with E-state index in [4.69, 9.17) is 20.8 Å². The monoisotopic (exact) mass is 457 g/mol. The van der Waals surface area contributed by atoms with Gasteiger partial charge in [-0.2, -0.15) is 0 Å². The standard InChI is InChI=1S/C23H25ClFN5O2/c1-14-28-29-22(32-14)20-3-2-19(10-21(20)25)31-13-17-9-16(17)8-15-4-6-30(7-5-15)23-26-11-18(24)12-27-23/h2-3,10-12,15-17H,4-9,13H2,1H3/t16-,17-/m0/s1. The second kappa shape index (κ2) is 9.02. The number of hydrogen-bond donors (Lipinski definition) is 0. The van der Waals surface area contributed by atoms with Crippen LogP contribution in [0.25, 0.3) is 11.5 Å². The van der Waals surface area contributed by atoms with Crippen LogP contribution in [0.2, 0.25) is 5.02 Å². The summed E-state index contributed by atoms with van der Waals surface area (Å²) < 4.78 is 25.6. The predicted octanol–water partition coefficient (Wildman–Crippen LogP) is 4.95. The molecule has 1 aliphatic heterocycles. The first kappa shape index (κ1) is 21.1. The van der Waals surface area contributed by atoms with E-state index in [1.54, 1.807) is 31.5 Å². The van der Waals surface area contributed by atoms with Gasteiger partial charge in [0.15, 0.2) is 0 Å². The van der Waals surface area contributed by atoms with Gasteiger partial charge in [-0.25, -0.2) is 14.4 Å². The van der Waals surface area contributed by atoms with Gasteiger partial charge < -0.3 is 14.1 Å². The number of nitrogens with zero attached hydrogens (tertiary/aromatic N) is 5. The average Bonchev–Trinajstić information content (AvgIpc) is 3.39. The SMILES string of the molecule is Cc1nnc(-c2ccc(OC[C@@H]3C[C@@H]3CC3CCN(c4ncc(Cl)cn4)CC3)cc2F)o1. The van der Waals surface area contributed by atoms with Gasteiger partial charge in [0.1, 0.15) is 11.6 Å². The maximum Gasteiger partial charge on any atom is 0.250 e. The Morgan fingerprint density at radius 2 is 1.94 bits per heavy atom. The maximum absolute atomic E-state index is 14.4. The number of halogens is 2. The summed E-state index contributed by atoms with van der Waals surface area (Å²) in [5.74, 6) is 3.43. The summed E-state index contributed by atoms with van der Waals surface area (Å²) >= 11 is 5.88. The van der Waals surface area contributed by atoms with Gasteiger partial charge in [0.2, 0.25) is 11.8 Å². The minimum Gasteiger partial charge on any atom is -0.493 e. The largest absolute Gasteiger partial charge is 0.493 e. The Labute approximate surface area is 191 Å². The second-order valence-corrected chi connectivity index (χ2v) is 9.14. The van der Waals surface area contributed by atoms with Crippen LogP contribution in [0.4, 0.5) is 10.3 Å². The number of benzene rings is 1. The van der Waals surface area contributed by atoms with Gasteiger partial charge >= 0.3 is 0 Å². The normalized spacial score (nSPS) is 21.0. The highest BCUT2D eigenvalue weighted by atomic mass is 35.5. The Bertz CT molecular complexity index is 1070. The van der Waals surface area contributed by atoms with Crippen molar-refractivity contribution in [1.82, 2.24) is 20.2 Å². The molecule has 32 heavy (non-hydrogen) atoms. The van der Waals surface area contributed by atoms with Crippen molar-refractivity contribution in [2.45, 2.75) is 32.6 Å². The van der Waals surface area contributed by atoms with Gasteiger partial charge in [0.05, 0.1) is 29.6 Å². The molecule has 1 saturated heterocycles. The Balaban J connectivity index is 1.06. The van der Waals surface area contributed by atoms with Crippen molar-refractivity contribution in [2.24, 2.45) is 17.8 Å². The minimum absolute atomic E-state index is 0.183. The van der Waals surface area contributed by atoms with Gasteiger partial charge in [-0.15, -0.1) is 10.2 Å². The number of ether oxygens (including phenoxy) is 1. The van der Waals surface area contributed by atoms with Crippen molar-refractivity contribution in [1.29, 1.82) is 0 Å². The van der Waals surface area contributed by atoms with Crippen LogP contribution in [-0.2, 0) is 0 Å². The van der Waals surface area contributed by atoms with Crippen LogP contribution < -0.4 is 9.64 Å². The first-order valence-corrected chi connectivity index (χ1v) is 11.4. The number of anilines is 1. The molecule has 2 aliphatic rings. The van der Waals surface area contributed by atoms with Crippen molar-refractivity contribution in [2.75, 3.05) is 24.6 Å². The number of piperidine rings is 1. The van der Waals surface area contributed by atoms with Crippen molar-refractivity contribution in [3.8, 4) is 17.2 Å². The average molecular weight is 458 g/mol. The summed E-state index contributed by atoms with van der Waals surface area (Å²) in [6.45, 7) is 4.26. The topological polar surface area (TPSA) is 77.2 Å². The molecule has 1 saturated carbocycles. The fourth-order valence-corrected chi connectivity index (χ4v) is 4.53. The first-order valence-electron chi connectivity index (χ1n) is 11.0. The zero-order chi connectivity index (χ0) is 22.1. The van der Waals surface area contributed by atoms with Gasteiger partial charge in [0, 0.05) is 26.1 Å². The smallest absolute Gasteiger partial charge is 0.250 e. The van der Waals surface area contributed by atoms with E-state index in [2.05, 4.69) is 25.1 Å². The van der Waals surface area contributed by atoms with Crippen LogP contribution in [0.15, 0.2) is 35.0 Å². The van der Waals surface area contributed by atoms with E-state index in [1.165, 1.54) is 18.9 Å². The van der Waals surface area contributed by atoms with E-state index in [9.17, 15) is 4.39 Å². The van der Waals surface area contributed by atoms with E-state index >= 15 is 0 Å². The van der Waals surface area contributed by atoms with Crippen molar-refractivity contribution in [3.63, 3.8) is 0 Å². The Morgan fingerprint density at radius 3 is 2.62 bits per heavy atom. The van der Waals surface area contributed by atoms with Gasteiger partial charge in [-0.3, -0.25) is 0 Å². The quantitative estimate of drug-likeness (QED) is 0.496. The highest BCUT2D eigenvalue weighted by Crippen LogP contribution is 2.45. The fourth-order valence-electron chi connectivity index (χ4n) is 4.44. The predicted molar refractivity (Wildman–Crippen MR) is 118 cm³/mol. The molecule has 3 aromatic rings. The molecule has 3 heterocycles. The molecule has 9 heteroatoms. The van der Waals surface area contributed by atoms with Crippen molar-refractivity contribution >= 4 is 17.5 Å². The number of rotatable bonds is 7. The van der Waals surface area contributed by atoms with Crippen LogP contribution in [0.5, 0.6) is 5.75 Å². The first-order chi connectivity index (χ1) is 15.5. The van der Waals surface area contributed by atoms with Crippen molar-refractivity contribution in [3.05, 3.63) is 47.3 Å². The molecule has 0 unspecified atom stereocenters. The zero-order valence-corrected chi connectivity index (χ0v) is 18.6. The van der Waals surface area contributed by atoms with E-state index in [-0.39, 0.29) is 11.5 Å². The molecule has 1 aromatic carbocycles. The highest BCUT2D eigenvalue weighted by Gasteiger charge is 2.39. The second-order valence-electron chi connectivity index (χ2n) is 8.70. The van der Waals surface area contributed by atoms with Gasteiger partial charge in [-0.1, -0.05) is 11.6 Å². The third kappa shape index (κ3) is 4.85. The van der Waals surface area contributed by atoms with Gasteiger partial charge in [0.25, 0.3) is 5.89 Å². The third-order valence-corrected chi connectivity index (χ3v) is 6.57. The van der Waals surface area contributed by atoms with E-state index in [1.807, 2.05) is 0 Å². The highest BCUT2D eigenvalue weighted by molar-refractivity contribution is 6.30. The van der Waals surface area contributed by atoms with Gasteiger partial charge in [-0.05, 0) is 55.6 Å². The molecule has 5 rings (SSSR count). The molecule has 2 atom stereocenters. The Kier molecular flexibility index (Phi) is 5.95. The molecule has 2 fully saturated rings. The fraction of sp³-hybridized carbons (Fsp3) is 0.478. The van der Waals surface area contributed by atoms with Crippen LogP contribution >= 0.6 is 11.6 Å². The summed E-state index contributed by atoms with van der Waals surface area (Å²) in [7, 11) is 0. The Morgan fingerprint density at radius 1 is 1.16 bits per heavy atom. The molecule has 0 radical (unpaired) electrons. The molecule has 0 amide bonds. The molecule has 1 aliphatic carbocycles. The van der Waals surface area contributed by atoms with E-state index in [0.29, 0.717) is 35.1 Å². The minimum atomic E-state index is -0.421. The van der Waals surface area contributed by atoms with Crippen LogP contribution in [0, 0.1) is 30.5 Å². The molecule has 0 N–H and O–H groups in total. The number of hydrogen-bond acceptors (Lipinski definition) is 7. The van der Waals surface area contributed by atoms with E-state index in [0.717, 1.165) is 37.8 Å². The molecule has 7 nitrogen and oxygen atoms in total. The van der Waals surface area contributed by atoms with Crippen molar-refractivity contribution < 1.29 is 13.5 Å². The molecule has 2 aromatic heterocycles. The molecule has 168 valence electrons. The summed E-state index contributed by atoms with van der Waals surface area (Å²) in [6, 6.07) is 4.77. The molecule has 0 spiro atoms. The van der Waals surface area contributed by atoms with E-state index < -0.39 is 5.82 Å². The number of aryl methyl sites for hydroxylation is 1. The lowest BCUT2D eigenvalue weighted by Crippen LogP contribution is -2.35. The zero-order valence-electron chi connectivity index (χ0n) is 17.9. The lowest BCUT2D eigenvalue weighted by molar-refractivity contribution is 0.278. The Hall–Kier alpha value is -2.74. The summed E-state index contributed by atoms with van der Waals surface area (Å²) in [5.41, 5.74) is 0.289. The summed E-state index contributed by atoms with van der Waals surface area (Å²) in [5, 5.41) is 8.17. The summed E-state index contributed by atoms with van der Waals surface area (Å²) in [4.78, 5) is 10.9.